The lowest BCUT2D eigenvalue weighted by Gasteiger charge is -2.09. The number of ether oxygens (including phenoxy) is 1. The van der Waals surface area contributed by atoms with Crippen LogP contribution in [0.3, 0.4) is 0 Å². The van der Waals surface area contributed by atoms with Gasteiger partial charge in [-0.05, 0) is 83.6 Å². The van der Waals surface area contributed by atoms with Crippen LogP contribution in [0.15, 0.2) is 60.7 Å². The molecule has 28 heavy (non-hydrogen) atoms. The Kier molecular flexibility index (Phi) is 4.99. The van der Waals surface area contributed by atoms with Crippen molar-refractivity contribution in [2.45, 2.75) is 6.92 Å². The van der Waals surface area contributed by atoms with Crippen LogP contribution in [0.25, 0.3) is 16.7 Å². The summed E-state index contributed by atoms with van der Waals surface area (Å²) in [6, 6.07) is 18.8. The topological polar surface area (TPSA) is 69.0 Å². The molecule has 0 fully saturated rings. The maximum Gasteiger partial charge on any atom is 0.256 e. The molecule has 140 valence electrons. The molecule has 0 unspecified atom stereocenters. The van der Waals surface area contributed by atoms with Crippen molar-refractivity contribution in [3.63, 3.8) is 0 Å². The van der Waals surface area contributed by atoms with Crippen molar-refractivity contribution < 1.29 is 9.53 Å². The maximum atomic E-state index is 12.6. The molecule has 0 atom stereocenters. The van der Waals surface area contributed by atoms with E-state index in [2.05, 4.69) is 38.1 Å². The lowest BCUT2D eigenvalue weighted by Crippen LogP contribution is -2.14. The average Bonchev–Trinajstić information content (AvgIpc) is 3.11. The number of rotatable bonds is 4. The number of nitrogens with one attached hydrogen (secondary N) is 1. The van der Waals surface area contributed by atoms with Gasteiger partial charge in [-0.1, -0.05) is 12.1 Å². The first-order valence-corrected chi connectivity index (χ1v) is 9.71. The SMILES string of the molecule is COc1ccc(-n2nc3cc(C)c(NC(=O)c4ccccc4I)cc3n2)cc1. The molecule has 1 N–H and O–H groups in total. The van der Waals surface area contributed by atoms with E-state index in [1.807, 2.05) is 67.6 Å². The molecular formula is C21H17IN4O2. The minimum atomic E-state index is -0.144. The quantitative estimate of drug-likeness (QED) is 0.431. The third kappa shape index (κ3) is 3.57. The molecule has 0 saturated heterocycles. The standard InChI is InChI=1S/C21H17IN4O2/c1-13-11-19-20(25-26(24-19)14-7-9-15(28-2)10-8-14)12-18(13)23-21(27)16-5-3-4-6-17(16)22/h3-12H,1-2H3,(H,23,27). The summed E-state index contributed by atoms with van der Waals surface area (Å²) in [6.45, 7) is 1.94. The van der Waals surface area contributed by atoms with Crippen LogP contribution < -0.4 is 10.1 Å². The number of fused-ring (bicyclic) bond motifs is 1. The fourth-order valence-corrected chi connectivity index (χ4v) is 3.50. The van der Waals surface area contributed by atoms with Crippen LogP contribution >= 0.6 is 22.6 Å². The van der Waals surface area contributed by atoms with Gasteiger partial charge in [0.05, 0.1) is 18.4 Å². The number of aryl methyl sites for hydroxylation is 1. The van der Waals surface area contributed by atoms with E-state index < -0.39 is 0 Å². The van der Waals surface area contributed by atoms with Gasteiger partial charge in [0.15, 0.2) is 0 Å². The highest BCUT2D eigenvalue weighted by Crippen LogP contribution is 2.24. The Bertz CT molecular complexity index is 1170. The summed E-state index contributed by atoms with van der Waals surface area (Å²) in [5.41, 5.74) is 4.59. The largest absolute Gasteiger partial charge is 0.497 e. The van der Waals surface area contributed by atoms with E-state index in [-0.39, 0.29) is 5.91 Å². The van der Waals surface area contributed by atoms with E-state index in [1.165, 1.54) is 0 Å². The number of amides is 1. The Labute approximate surface area is 175 Å². The molecule has 3 aromatic carbocycles. The van der Waals surface area contributed by atoms with E-state index in [1.54, 1.807) is 11.9 Å². The molecule has 7 heteroatoms. The highest BCUT2D eigenvalue weighted by molar-refractivity contribution is 14.1. The van der Waals surface area contributed by atoms with Crippen molar-refractivity contribution in [2.24, 2.45) is 0 Å². The number of anilines is 1. The fraction of sp³-hybridized carbons (Fsp3) is 0.0952. The smallest absolute Gasteiger partial charge is 0.256 e. The Morgan fingerprint density at radius 2 is 1.71 bits per heavy atom. The van der Waals surface area contributed by atoms with Crippen LogP contribution in [-0.4, -0.2) is 28.0 Å². The second kappa shape index (κ2) is 7.59. The van der Waals surface area contributed by atoms with Crippen molar-refractivity contribution in [1.82, 2.24) is 15.0 Å². The van der Waals surface area contributed by atoms with Crippen LogP contribution in [0.4, 0.5) is 5.69 Å². The third-order valence-corrected chi connectivity index (χ3v) is 5.34. The fourth-order valence-electron chi connectivity index (χ4n) is 2.87. The summed E-state index contributed by atoms with van der Waals surface area (Å²) in [5, 5.41) is 12.1. The number of carbonyl (C=O) groups is 1. The van der Waals surface area contributed by atoms with Gasteiger partial charge >= 0.3 is 0 Å². The number of nitrogens with zero attached hydrogens (tertiary/aromatic N) is 3. The van der Waals surface area contributed by atoms with Crippen molar-refractivity contribution >= 4 is 45.2 Å². The van der Waals surface area contributed by atoms with Crippen molar-refractivity contribution in [3.05, 3.63) is 75.4 Å². The summed E-state index contributed by atoms with van der Waals surface area (Å²) in [4.78, 5) is 14.2. The number of hydrogen-bond donors (Lipinski definition) is 1. The van der Waals surface area contributed by atoms with E-state index in [0.29, 0.717) is 11.1 Å². The molecule has 1 amide bonds. The molecule has 0 saturated carbocycles. The van der Waals surface area contributed by atoms with Crippen molar-refractivity contribution in [1.29, 1.82) is 0 Å². The van der Waals surface area contributed by atoms with E-state index in [9.17, 15) is 4.79 Å². The van der Waals surface area contributed by atoms with Crippen LogP contribution in [0, 0.1) is 10.5 Å². The zero-order valence-corrected chi connectivity index (χ0v) is 17.5. The normalized spacial score (nSPS) is 10.8. The molecular weight excluding hydrogens is 467 g/mol. The minimum Gasteiger partial charge on any atom is -0.497 e. The molecule has 1 heterocycles. The zero-order valence-electron chi connectivity index (χ0n) is 15.3. The Morgan fingerprint density at radius 3 is 2.39 bits per heavy atom. The highest BCUT2D eigenvalue weighted by atomic mass is 127. The highest BCUT2D eigenvalue weighted by Gasteiger charge is 2.13. The van der Waals surface area contributed by atoms with Gasteiger partial charge in [-0.2, -0.15) is 4.80 Å². The van der Waals surface area contributed by atoms with Crippen molar-refractivity contribution in [2.75, 3.05) is 12.4 Å². The summed E-state index contributed by atoms with van der Waals surface area (Å²) < 4.78 is 6.09. The third-order valence-electron chi connectivity index (χ3n) is 4.40. The molecule has 0 spiro atoms. The zero-order chi connectivity index (χ0) is 19.7. The van der Waals surface area contributed by atoms with Crippen LogP contribution in [0.1, 0.15) is 15.9 Å². The lowest BCUT2D eigenvalue weighted by molar-refractivity contribution is 0.102. The molecule has 0 radical (unpaired) electrons. The molecule has 0 aliphatic carbocycles. The monoisotopic (exact) mass is 484 g/mol. The van der Waals surface area contributed by atoms with Crippen LogP contribution in [0.2, 0.25) is 0 Å². The van der Waals surface area contributed by atoms with Crippen LogP contribution in [-0.2, 0) is 0 Å². The van der Waals surface area contributed by atoms with Gasteiger partial charge in [0, 0.05) is 9.26 Å². The van der Waals surface area contributed by atoms with E-state index in [4.69, 9.17) is 4.74 Å². The predicted octanol–water partition coefficient (Wildman–Crippen LogP) is 4.59. The first-order valence-electron chi connectivity index (χ1n) is 8.63. The second-order valence-corrected chi connectivity index (χ2v) is 7.44. The summed E-state index contributed by atoms with van der Waals surface area (Å²) in [6.07, 6.45) is 0. The van der Waals surface area contributed by atoms with Gasteiger partial charge in [-0.25, -0.2) is 0 Å². The number of hydrogen-bond acceptors (Lipinski definition) is 4. The van der Waals surface area contributed by atoms with Gasteiger partial charge < -0.3 is 10.1 Å². The van der Waals surface area contributed by atoms with E-state index in [0.717, 1.165) is 31.8 Å². The molecule has 1 aromatic heterocycles. The lowest BCUT2D eigenvalue weighted by atomic mass is 10.1. The summed E-state index contributed by atoms with van der Waals surface area (Å²) in [5.74, 6) is 0.631. The number of methoxy groups -OCH3 is 1. The Balaban J connectivity index is 1.66. The maximum absolute atomic E-state index is 12.6. The summed E-state index contributed by atoms with van der Waals surface area (Å²) >= 11 is 2.16. The molecule has 0 aliphatic heterocycles. The molecule has 6 nitrogen and oxygen atoms in total. The van der Waals surface area contributed by atoms with Gasteiger partial charge in [0.1, 0.15) is 16.8 Å². The number of benzene rings is 3. The van der Waals surface area contributed by atoms with E-state index >= 15 is 0 Å². The Morgan fingerprint density at radius 1 is 1.04 bits per heavy atom. The number of halogens is 1. The molecule has 4 rings (SSSR count). The second-order valence-electron chi connectivity index (χ2n) is 6.28. The number of aromatic nitrogens is 3. The first kappa shape index (κ1) is 18.4. The van der Waals surface area contributed by atoms with Gasteiger partial charge in [-0.15, -0.1) is 10.2 Å². The van der Waals surface area contributed by atoms with Gasteiger partial charge in [-0.3, -0.25) is 4.79 Å². The molecule has 4 aromatic rings. The first-order chi connectivity index (χ1) is 13.5. The summed E-state index contributed by atoms with van der Waals surface area (Å²) in [7, 11) is 1.63. The Hall–Kier alpha value is -2.94. The molecule has 0 aliphatic rings. The van der Waals surface area contributed by atoms with Gasteiger partial charge in [0.2, 0.25) is 0 Å². The van der Waals surface area contributed by atoms with Crippen molar-refractivity contribution in [3.8, 4) is 11.4 Å². The molecule has 0 bridgehead atoms. The predicted molar refractivity (Wildman–Crippen MR) is 117 cm³/mol. The minimum absolute atomic E-state index is 0.144. The van der Waals surface area contributed by atoms with Crippen LogP contribution in [0.5, 0.6) is 5.75 Å². The average molecular weight is 484 g/mol. The van der Waals surface area contributed by atoms with Gasteiger partial charge in [0.25, 0.3) is 5.91 Å². The number of carbonyl (C=O) groups excluding carboxylic acids is 1.